The minimum atomic E-state index is -0.455. The van der Waals surface area contributed by atoms with Gasteiger partial charge in [-0.3, -0.25) is 4.79 Å². The Morgan fingerprint density at radius 1 is 1.27 bits per heavy atom. The van der Waals surface area contributed by atoms with E-state index in [1.165, 1.54) is 0 Å². The number of alkyl halides is 1. The number of allylic oxidation sites excluding steroid dienone is 2. The molecule has 0 amide bonds. The van der Waals surface area contributed by atoms with Crippen molar-refractivity contribution < 1.29 is 19.7 Å². The lowest BCUT2D eigenvalue weighted by Gasteiger charge is -2.23. The van der Waals surface area contributed by atoms with Crippen molar-refractivity contribution in [2.75, 3.05) is 0 Å². The van der Waals surface area contributed by atoms with E-state index in [4.69, 9.17) is 16.3 Å². The molecule has 2 N–H and O–H groups in total. The van der Waals surface area contributed by atoms with Gasteiger partial charge in [-0.1, -0.05) is 49.8 Å². The molecular formula is C25H37ClO4. The molecule has 0 bridgehead atoms. The lowest BCUT2D eigenvalue weighted by Crippen LogP contribution is -2.18. The first-order valence-corrected chi connectivity index (χ1v) is 11.7. The van der Waals surface area contributed by atoms with E-state index >= 15 is 0 Å². The second kappa shape index (κ2) is 12.5. The number of unbranched alkanes of at least 4 members (excludes halogenated alkanes) is 1. The van der Waals surface area contributed by atoms with Crippen LogP contribution in [0.4, 0.5) is 0 Å². The maximum Gasteiger partial charge on any atom is 0.306 e. The van der Waals surface area contributed by atoms with Crippen molar-refractivity contribution in [1.29, 1.82) is 0 Å². The highest BCUT2D eigenvalue weighted by atomic mass is 35.5. The zero-order valence-corrected chi connectivity index (χ0v) is 19.2. The number of esters is 1. The summed E-state index contributed by atoms with van der Waals surface area (Å²) in [6, 6.07) is 7.97. The van der Waals surface area contributed by atoms with Crippen LogP contribution in [0.2, 0.25) is 0 Å². The number of benzene rings is 1. The maximum absolute atomic E-state index is 11.6. The molecule has 1 saturated carbocycles. The van der Waals surface area contributed by atoms with E-state index in [1.807, 2.05) is 38.1 Å². The van der Waals surface area contributed by atoms with E-state index in [1.54, 1.807) is 0 Å². The number of rotatable bonds is 11. The zero-order valence-electron chi connectivity index (χ0n) is 18.5. The minimum absolute atomic E-state index is 0.00413. The molecule has 0 aromatic heterocycles. The van der Waals surface area contributed by atoms with Crippen LogP contribution in [0.25, 0.3) is 0 Å². The highest BCUT2D eigenvalue weighted by Gasteiger charge is 2.41. The number of aliphatic hydroxyl groups is 2. The second-order valence-electron chi connectivity index (χ2n) is 8.62. The van der Waals surface area contributed by atoms with E-state index in [0.717, 1.165) is 43.2 Å². The largest absolute Gasteiger partial charge is 0.463 e. The van der Waals surface area contributed by atoms with Crippen LogP contribution in [-0.2, 0) is 9.53 Å². The molecular weight excluding hydrogens is 400 g/mol. The van der Waals surface area contributed by atoms with Gasteiger partial charge < -0.3 is 14.9 Å². The second-order valence-corrected chi connectivity index (χ2v) is 9.18. The highest BCUT2D eigenvalue weighted by Crippen LogP contribution is 2.45. The van der Waals surface area contributed by atoms with Crippen LogP contribution in [0.15, 0.2) is 36.4 Å². The molecule has 168 valence electrons. The van der Waals surface area contributed by atoms with Gasteiger partial charge in [0.1, 0.15) is 0 Å². The zero-order chi connectivity index (χ0) is 22.1. The SMILES string of the molecule is CCCC(O)c1ccc([C@@H]2[C@@H](C/C=C\CCCC(=O)OC(C)C)[C@H](Cl)C[C@H]2O)cc1. The van der Waals surface area contributed by atoms with Crippen LogP contribution in [-0.4, -0.2) is 33.8 Å². The smallest absolute Gasteiger partial charge is 0.306 e. The normalized spacial score (nSPS) is 25.2. The fraction of sp³-hybridized carbons (Fsp3) is 0.640. The molecule has 1 fully saturated rings. The summed E-state index contributed by atoms with van der Waals surface area (Å²) in [6.45, 7) is 5.77. The van der Waals surface area contributed by atoms with Crippen molar-refractivity contribution in [3.05, 3.63) is 47.5 Å². The molecule has 5 heteroatoms. The van der Waals surface area contributed by atoms with Crippen LogP contribution in [0.5, 0.6) is 0 Å². The third-order valence-corrected chi connectivity index (χ3v) is 6.27. The third-order valence-electron chi connectivity index (χ3n) is 5.77. The van der Waals surface area contributed by atoms with Crippen molar-refractivity contribution in [2.45, 2.75) is 95.3 Å². The van der Waals surface area contributed by atoms with Gasteiger partial charge in [0.15, 0.2) is 0 Å². The number of hydrogen-bond acceptors (Lipinski definition) is 4. The molecule has 0 heterocycles. The molecule has 4 nitrogen and oxygen atoms in total. The lowest BCUT2D eigenvalue weighted by atomic mass is 9.84. The van der Waals surface area contributed by atoms with Crippen LogP contribution in [0.1, 0.15) is 88.9 Å². The number of aliphatic hydroxyl groups excluding tert-OH is 2. The van der Waals surface area contributed by atoms with E-state index in [-0.39, 0.29) is 29.3 Å². The predicted molar refractivity (Wildman–Crippen MR) is 122 cm³/mol. The first kappa shape index (κ1) is 24.9. The molecule has 0 spiro atoms. The number of carbonyl (C=O) groups excluding carboxylic acids is 1. The van der Waals surface area contributed by atoms with Gasteiger partial charge in [-0.2, -0.15) is 0 Å². The number of carbonyl (C=O) groups is 1. The summed E-state index contributed by atoms with van der Waals surface area (Å²) in [5.41, 5.74) is 2.00. The summed E-state index contributed by atoms with van der Waals surface area (Å²) in [4.78, 5) is 11.6. The third kappa shape index (κ3) is 7.40. The van der Waals surface area contributed by atoms with Crippen molar-refractivity contribution >= 4 is 17.6 Å². The summed E-state index contributed by atoms with van der Waals surface area (Å²) in [5.74, 6) is 0.0106. The molecule has 0 saturated heterocycles. The number of hydrogen-bond donors (Lipinski definition) is 2. The molecule has 2 rings (SSSR count). The van der Waals surface area contributed by atoms with E-state index < -0.39 is 12.2 Å². The Bertz CT molecular complexity index is 670. The molecule has 1 aromatic carbocycles. The van der Waals surface area contributed by atoms with Gasteiger partial charge in [-0.05, 0) is 63.0 Å². The minimum Gasteiger partial charge on any atom is -0.463 e. The fourth-order valence-corrected chi connectivity index (χ4v) is 4.71. The van der Waals surface area contributed by atoms with Gasteiger partial charge in [-0.15, -0.1) is 11.6 Å². The highest BCUT2D eigenvalue weighted by molar-refractivity contribution is 6.21. The Kier molecular flexibility index (Phi) is 10.4. The first-order chi connectivity index (χ1) is 14.3. The fourth-order valence-electron chi connectivity index (χ4n) is 4.26. The molecule has 1 aliphatic carbocycles. The number of ether oxygens (including phenoxy) is 1. The molecule has 0 aliphatic heterocycles. The summed E-state index contributed by atoms with van der Waals surface area (Å²) in [6.07, 6.45) is 8.36. The van der Waals surface area contributed by atoms with E-state index in [2.05, 4.69) is 19.1 Å². The topological polar surface area (TPSA) is 66.8 Å². The summed E-state index contributed by atoms with van der Waals surface area (Å²) in [7, 11) is 0. The van der Waals surface area contributed by atoms with Crippen molar-refractivity contribution in [2.24, 2.45) is 5.92 Å². The maximum atomic E-state index is 11.6. The summed E-state index contributed by atoms with van der Waals surface area (Å²) in [5, 5.41) is 20.7. The Balaban J connectivity index is 1.90. The van der Waals surface area contributed by atoms with E-state index in [9.17, 15) is 15.0 Å². The lowest BCUT2D eigenvalue weighted by molar-refractivity contribution is -0.147. The molecule has 1 unspecified atom stereocenters. The molecule has 0 radical (unpaired) electrons. The van der Waals surface area contributed by atoms with Gasteiger partial charge in [0.25, 0.3) is 0 Å². The van der Waals surface area contributed by atoms with Crippen LogP contribution in [0.3, 0.4) is 0 Å². The molecule has 30 heavy (non-hydrogen) atoms. The molecule has 5 atom stereocenters. The average molecular weight is 437 g/mol. The Labute approximate surface area is 186 Å². The first-order valence-electron chi connectivity index (χ1n) is 11.3. The van der Waals surface area contributed by atoms with Gasteiger partial charge >= 0.3 is 5.97 Å². The quantitative estimate of drug-likeness (QED) is 0.203. The van der Waals surface area contributed by atoms with Crippen molar-refractivity contribution in [1.82, 2.24) is 0 Å². The summed E-state index contributed by atoms with van der Waals surface area (Å²) >= 11 is 6.58. The standard InChI is InChI=1S/C25H37ClO4/c1-4-9-22(27)18-12-14-19(15-13-18)25-20(21(26)16-23(25)28)10-7-5-6-8-11-24(29)30-17(2)3/h5,7,12-15,17,20-23,25,27-28H,4,6,8-11,16H2,1-3H3/b7-5-/t20-,21+,22?,23+,25+/m0/s1. The van der Waals surface area contributed by atoms with Gasteiger partial charge in [-0.25, -0.2) is 0 Å². The Morgan fingerprint density at radius 3 is 2.60 bits per heavy atom. The van der Waals surface area contributed by atoms with Gasteiger partial charge in [0.05, 0.1) is 18.3 Å². The monoisotopic (exact) mass is 436 g/mol. The van der Waals surface area contributed by atoms with Gasteiger partial charge in [0, 0.05) is 17.7 Å². The van der Waals surface area contributed by atoms with Crippen LogP contribution in [0, 0.1) is 5.92 Å². The molecule has 1 aromatic rings. The molecule has 1 aliphatic rings. The Morgan fingerprint density at radius 2 is 1.97 bits per heavy atom. The van der Waals surface area contributed by atoms with Crippen LogP contribution >= 0.6 is 11.6 Å². The van der Waals surface area contributed by atoms with E-state index in [0.29, 0.717) is 12.8 Å². The summed E-state index contributed by atoms with van der Waals surface area (Å²) < 4.78 is 5.14. The van der Waals surface area contributed by atoms with Crippen molar-refractivity contribution in [3.63, 3.8) is 0 Å². The predicted octanol–water partition coefficient (Wildman–Crippen LogP) is 5.66. The van der Waals surface area contributed by atoms with Crippen LogP contribution < -0.4 is 0 Å². The average Bonchev–Trinajstić information content (AvgIpc) is 2.97. The van der Waals surface area contributed by atoms with Gasteiger partial charge in [0.2, 0.25) is 0 Å². The van der Waals surface area contributed by atoms with Crippen molar-refractivity contribution in [3.8, 4) is 0 Å². The Hall–Kier alpha value is -1.36. The number of halogens is 1.